The average Bonchev–Trinajstić information content (AvgIpc) is 3.24. The van der Waals surface area contributed by atoms with Gasteiger partial charge in [-0.1, -0.05) is 0 Å². The van der Waals surface area contributed by atoms with Crippen LogP contribution in [0.2, 0.25) is 0 Å². The molecule has 0 unspecified atom stereocenters. The van der Waals surface area contributed by atoms with E-state index in [-0.39, 0.29) is 17.5 Å². The molecule has 0 atom stereocenters. The molecule has 8 nitrogen and oxygen atoms in total. The third-order valence-corrected chi connectivity index (χ3v) is 5.71. The Morgan fingerprint density at radius 3 is 2.72 bits per heavy atom. The van der Waals surface area contributed by atoms with Crippen LogP contribution in [-0.2, 0) is 11.0 Å². The van der Waals surface area contributed by atoms with Gasteiger partial charge in [-0.15, -0.1) is 0 Å². The molecule has 168 valence electrons. The topological polar surface area (TPSA) is 93.1 Å². The molecule has 1 N–H and O–H groups in total. The van der Waals surface area contributed by atoms with Gasteiger partial charge < -0.3 is 15.0 Å². The Bertz CT molecular complexity index is 1100. The number of hydrogen-bond acceptors (Lipinski definition) is 8. The van der Waals surface area contributed by atoms with Crippen molar-refractivity contribution in [3.05, 3.63) is 47.7 Å². The van der Waals surface area contributed by atoms with Crippen LogP contribution in [0.3, 0.4) is 0 Å². The Kier molecular flexibility index (Phi) is 6.21. The van der Waals surface area contributed by atoms with Gasteiger partial charge in [-0.2, -0.15) is 17.5 Å². The summed E-state index contributed by atoms with van der Waals surface area (Å²) in [4.78, 5) is 25.1. The van der Waals surface area contributed by atoms with Crippen molar-refractivity contribution in [2.24, 2.45) is 0 Å². The van der Waals surface area contributed by atoms with E-state index < -0.39 is 11.7 Å². The molecule has 1 fully saturated rings. The summed E-state index contributed by atoms with van der Waals surface area (Å²) in [6.07, 6.45) is 0.0695. The molecule has 0 saturated carbocycles. The maximum absolute atomic E-state index is 13.2. The number of ether oxygens (including phenoxy) is 1. The van der Waals surface area contributed by atoms with Gasteiger partial charge >= 0.3 is 6.18 Å². The van der Waals surface area contributed by atoms with Crippen molar-refractivity contribution in [2.75, 3.05) is 18.4 Å². The highest BCUT2D eigenvalue weighted by Gasteiger charge is 2.32. The van der Waals surface area contributed by atoms with E-state index in [4.69, 9.17) is 4.74 Å². The monoisotopic (exact) mass is 464 g/mol. The molecule has 0 bridgehead atoms. The third-order valence-electron chi connectivity index (χ3n) is 5.07. The number of amides is 1. The van der Waals surface area contributed by atoms with Crippen LogP contribution in [0.1, 0.15) is 35.8 Å². The number of likely N-dealkylation sites (tertiary alicyclic amines) is 1. The highest BCUT2D eigenvalue weighted by Crippen LogP contribution is 2.37. The smallest absolute Gasteiger partial charge is 0.418 e. The number of pyridine rings is 2. The normalized spacial score (nSPS) is 14.9. The number of aromatic nitrogens is 4. The summed E-state index contributed by atoms with van der Waals surface area (Å²) >= 11 is 1.09. The van der Waals surface area contributed by atoms with Crippen LogP contribution < -0.4 is 10.1 Å². The summed E-state index contributed by atoms with van der Waals surface area (Å²) in [5, 5.41) is 3.31. The van der Waals surface area contributed by atoms with E-state index >= 15 is 0 Å². The van der Waals surface area contributed by atoms with Gasteiger partial charge in [0.25, 0.3) is 0 Å². The number of rotatable bonds is 6. The fourth-order valence-corrected chi connectivity index (χ4v) is 3.93. The Morgan fingerprint density at radius 1 is 1.25 bits per heavy atom. The van der Waals surface area contributed by atoms with Crippen LogP contribution in [0, 0.1) is 6.92 Å². The van der Waals surface area contributed by atoms with Crippen LogP contribution in [0.4, 0.5) is 24.1 Å². The number of piperidine rings is 1. The Labute approximate surface area is 185 Å². The summed E-state index contributed by atoms with van der Waals surface area (Å²) < 4.78 is 49.8. The predicted octanol–water partition coefficient (Wildman–Crippen LogP) is 4.53. The van der Waals surface area contributed by atoms with Crippen LogP contribution in [0.15, 0.2) is 30.6 Å². The van der Waals surface area contributed by atoms with Gasteiger partial charge in [-0.05, 0) is 38.0 Å². The second-order valence-corrected chi connectivity index (χ2v) is 8.01. The minimum absolute atomic E-state index is 0.0831. The lowest BCUT2D eigenvalue weighted by molar-refractivity contribution is -0.137. The van der Waals surface area contributed by atoms with Crippen molar-refractivity contribution in [1.82, 2.24) is 24.2 Å². The number of carbonyl (C=O) groups excluding carboxylic acids is 1. The van der Waals surface area contributed by atoms with Gasteiger partial charge in [0.05, 0.1) is 11.3 Å². The molecular weight excluding hydrogens is 445 g/mol. The first-order valence-electron chi connectivity index (χ1n) is 9.80. The number of alkyl halides is 3. The summed E-state index contributed by atoms with van der Waals surface area (Å²) in [5.74, 6) is 1.05. The van der Waals surface area contributed by atoms with E-state index in [1.807, 2.05) is 0 Å². The molecule has 0 aromatic carbocycles. The first kappa shape index (κ1) is 21.9. The van der Waals surface area contributed by atoms with E-state index in [1.54, 1.807) is 30.2 Å². The largest absolute Gasteiger partial charge is 0.452 e. The van der Waals surface area contributed by atoms with E-state index in [2.05, 4.69) is 24.6 Å². The predicted molar refractivity (Wildman–Crippen MR) is 111 cm³/mol. The Hall–Kier alpha value is -3.28. The van der Waals surface area contributed by atoms with Gasteiger partial charge in [0.1, 0.15) is 11.6 Å². The SMILES string of the molecule is Cc1ncccc1Oc1cc(C(F)(F)F)cnc1Nc1nc(C2CCN(C=O)CC2)ns1. The number of nitrogens with one attached hydrogen (secondary N) is 1. The maximum atomic E-state index is 13.2. The number of hydrogen-bond donors (Lipinski definition) is 1. The molecule has 12 heteroatoms. The minimum atomic E-state index is -4.57. The lowest BCUT2D eigenvalue weighted by Gasteiger charge is -2.27. The van der Waals surface area contributed by atoms with E-state index in [1.165, 1.54) is 0 Å². The van der Waals surface area contributed by atoms with Gasteiger partial charge in [-0.25, -0.2) is 9.97 Å². The first-order chi connectivity index (χ1) is 15.3. The van der Waals surface area contributed by atoms with Crippen molar-refractivity contribution in [3.8, 4) is 11.5 Å². The number of aryl methyl sites for hydroxylation is 1. The van der Waals surface area contributed by atoms with E-state index in [0.29, 0.717) is 35.5 Å². The molecule has 1 amide bonds. The highest BCUT2D eigenvalue weighted by atomic mass is 32.1. The van der Waals surface area contributed by atoms with Crippen molar-refractivity contribution in [3.63, 3.8) is 0 Å². The van der Waals surface area contributed by atoms with E-state index in [9.17, 15) is 18.0 Å². The zero-order chi connectivity index (χ0) is 22.7. The lowest BCUT2D eigenvalue weighted by Crippen LogP contribution is -2.31. The van der Waals surface area contributed by atoms with Gasteiger partial charge in [-0.3, -0.25) is 9.78 Å². The summed E-state index contributed by atoms with van der Waals surface area (Å²) in [6, 6.07) is 4.13. The van der Waals surface area contributed by atoms with Crippen molar-refractivity contribution < 1.29 is 22.7 Å². The fourth-order valence-electron chi connectivity index (χ4n) is 3.28. The molecule has 4 heterocycles. The summed E-state index contributed by atoms with van der Waals surface area (Å²) in [7, 11) is 0. The summed E-state index contributed by atoms with van der Waals surface area (Å²) in [6.45, 7) is 2.97. The molecule has 1 saturated heterocycles. The lowest BCUT2D eigenvalue weighted by atomic mass is 9.97. The standard InChI is InChI=1S/C20H19F3N6O2S/c1-12-15(3-2-6-24-12)31-16-9-14(20(21,22)23)10-25-18(16)27-19-26-17(28-32-19)13-4-7-29(11-30)8-5-13/h2-3,6,9-11,13H,4-5,7-8H2,1H3,(H,25,26,27,28). The van der Waals surface area contributed by atoms with E-state index in [0.717, 1.165) is 43.0 Å². The Balaban J connectivity index is 1.57. The molecule has 0 aliphatic carbocycles. The molecule has 1 aliphatic rings. The second kappa shape index (κ2) is 9.07. The van der Waals surface area contributed by atoms with Gasteiger partial charge in [0, 0.05) is 42.9 Å². The van der Waals surface area contributed by atoms with Crippen LogP contribution in [-0.4, -0.2) is 43.7 Å². The maximum Gasteiger partial charge on any atom is 0.418 e. The van der Waals surface area contributed by atoms with Crippen LogP contribution in [0.25, 0.3) is 0 Å². The molecule has 3 aromatic rings. The molecule has 0 radical (unpaired) electrons. The Morgan fingerprint density at radius 2 is 2.03 bits per heavy atom. The molecule has 1 aliphatic heterocycles. The summed E-state index contributed by atoms with van der Waals surface area (Å²) in [5.41, 5.74) is -0.407. The number of anilines is 2. The zero-order valence-electron chi connectivity index (χ0n) is 17.0. The second-order valence-electron chi connectivity index (χ2n) is 7.26. The average molecular weight is 464 g/mol. The van der Waals surface area contributed by atoms with Crippen LogP contribution in [0.5, 0.6) is 11.5 Å². The number of carbonyl (C=O) groups is 1. The molecule has 4 rings (SSSR count). The molecule has 3 aromatic heterocycles. The third kappa shape index (κ3) is 4.96. The van der Waals surface area contributed by atoms with Crippen molar-refractivity contribution in [2.45, 2.75) is 31.9 Å². The molecule has 0 spiro atoms. The highest BCUT2D eigenvalue weighted by molar-refractivity contribution is 7.09. The first-order valence-corrected chi connectivity index (χ1v) is 10.6. The zero-order valence-corrected chi connectivity index (χ0v) is 17.8. The van der Waals surface area contributed by atoms with Gasteiger partial charge in [0.15, 0.2) is 11.6 Å². The van der Waals surface area contributed by atoms with Crippen molar-refractivity contribution in [1.29, 1.82) is 0 Å². The number of nitrogens with zero attached hydrogens (tertiary/aromatic N) is 5. The van der Waals surface area contributed by atoms with Gasteiger partial charge in [0.2, 0.25) is 11.5 Å². The quantitative estimate of drug-likeness (QED) is 0.536. The minimum Gasteiger partial charge on any atom is -0.452 e. The fraction of sp³-hybridized carbons (Fsp3) is 0.350. The van der Waals surface area contributed by atoms with Crippen molar-refractivity contribution >= 4 is 28.9 Å². The van der Waals surface area contributed by atoms with Crippen LogP contribution >= 0.6 is 11.5 Å². The number of halogens is 3. The molecular formula is C20H19F3N6O2S. The molecule has 32 heavy (non-hydrogen) atoms.